The van der Waals surface area contributed by atoms with E-state index in [2.05, 4.69) is 26.8 Å². The normalized spacial score (nSPS) is 11.4. The molecule has 1 rings (SSSR count). The monoisotopic (exact) mass is 290 g/mol. The minimum atomic E-state index is -0.255. The highest BCUT2D eigenvalue weighted by atomic mass is 16.5. The molecule has 0 fully saturated rings. The van der Waals surface area contributed by atoms with Gasteiger partial charge in [0.15, 0.2) is 0 Å². The van der Waals surface area contributed by atoms with Gasteiger partial charge in [0.25, 0.3) is 0 Å². The van der Waals surface area contributed by atoms with Crippen LogP contribution >= 0.6 is 0 Å². The van der Waals surface area contributed by atoms with Crippen molar-refractivity contribution in [3.63, 3.8) is 0 Å². The highest BCUT2D eigenvalue weighted by Crippen LogP contribution is 2.28. The van der Waals surface area contributed by atoms with Crippen LogP contribution in [-0.2, 0) is 16.0 Å². The number of ether oxygens (including phenoxy) is 2. The van der Waals surface area contributed by atoms with Gasteiger partial charge in [0, 0.05) is 6.08 Å². The van der Waals surface area contributed by atoms with Crippen molar-refractivity contribution >= 4 is 5.97 Å². The molecule has 3 heteroatoms. The second-order valence-corrected chi connectivity index (χ2v) is 5.37. The largest absolute Gasteiger partial charge is 0.496 e. The van der Waals surface area contributed by atoms with E-state index in [1.807, 2.05) is 13.8 Å². The molecule has 0 spiro atoms. The quantitative estimate of drug-likeness (QED) is 0.585. The van der Waals surface area contributed by atoms with Gasteiger partial charge in [-0.25, -0.2) is 4.79 Å². The molecular formula is C18H26O3. The van der Waals surface area contributed by atoms with Gasteiger partial charge in [-0.3, -0.25) is 0 Å². The second-order valence-electron chi connectivity index (χ2n) is 5.37. The van der Waals surface area contributed by atoms with Gasteiger partial charge in [-0.2, -0.15) is 0 Å². The Morgan fingerprint density at radius 2 is 1.90 bits per heavy atom. The summed E-state index contributed by atoms with van der Waals surface area (Å²) in [5, 5.41) is 0. The van der Waals surface area contributed by atoms with Gasteiger partial charge >= 0.3 is 5.97 Å². The average molecular weight is 290 g/mol. The molecule has 0 aliphatic carbocycles. The number of aryl methyl sites for hydroxylation is 1. The fraction of sp³-hybridized carbons (Fsp3) is 0.500. The number of allylic oxidation sites excluding steroid dienone is 1. The first-order valence-corrected chi connectivity index (χ1v) is 7.38. The summed E-state index contributed by atoms with van der Waals surface area (Å²) in [4.78, 5) is 11.4. The third-order valence-electron chi connectivity index (χ3n) is 3.85. The Morgan fingerprint density at radius 1 is 1.24 bits per heavy atom. The smallest absolute Gasteiger partial charge is 0.330 e. The molecule has 0 saturated heterocycles. The van der Waals surface area contributed by atoms with Crippen LogP contribution in [0.15, 0.2) is 17.7 Å². The van der Waals surface area contributed by atoms with Crippen LogP contribution in [0, 0.1) is 20.8 Å². The van der Waals surface area contributed by atoms with Crippen molar-refractivity contribution in [3.05, 3.63) is 40.0 Å². The summed E-state index contributed by atoms with van der Waals surface area (Å²) in [6.07, 6.45) is 3.36. The molecule has 0 aliphatic rings. The molecule has 0 bridgehead atoms. The van der Waals surface area contributed by atoms with Gasteiger partial charge in [-0.15, -0.1) is 0 Å². The number of benzene rings is 1. The van der Waals surface area contributed by atoms with Crippen LogP contribution in [0.3, 0.4) is 0 Å². The Balaban J connectivity index is 2.85. The third-order valence-corrected chi connectivity index (χ3v) is 3.85. The first-order chi connectivity index (χ1) is 9.90. The van der Waals surface area contributed by atoms with E-state index in [1.54, 1.807) is 13.2 Å². The Labute approximate surface area is 128 Å². The van der Waals surface area contributed by atoms with Crippen LogP contribution < -0.4 is 4.74 Å². The predicted octanol–water partition coefficient (Wildman–Crippen LogP) is 4.06. The number of methoxy groups -OCH3 is 1. The van der Waals surface area contributed by atoms with E-state index in [-0.39, 0.29) is 5.97 Å². The topological polar surface area (TPSA) is 35.5 Å². The summed E-state index contributed by atoms with van der Waals surface area (Å²) in [5.74, 6) is 0.682. The highest BCUT2D eigenvalue weighted by molar-refractivity contribution is 5.82. The number of carbonyl (C=O) groups excluding carboxylic acids is 1. The van der Waals surface area contributed by atoms with Crippen LogP contribution in [0.4, 0.5) is 0 Å². The first-order valence-electron chi connectivity index (χ1n) is 7.38. The Kier molecular flexibility index (Phi) is 6.47. The molecule has 0 amide bonds. The SMILES string of the molecule is CCOC(=O)/C=C(\C)CCc1c(C)cc(OC)c(C)c1C. The van der Waals surface area contributed by atoms with Crippen LogP contribution in [0.1, 0.15) is 42.5 Å². The fourth-order valence-corrected chi connectivity index (χ4v) is 2.48. The summed E-state index contributed by atoms with van der Waals surface area (Å²) in [6, 6.07) is 2.09. The van der Waals surface area contributed by atoms with E-state index < -0.39 is 0 Å². The van der Waals surface area contributed by atoms with Crippen molar-refractivity contribution in [2.75, 3.05) is 13.7 Å². The Bertz CT molecular complexity index is 542. The van der Waals surface area contributed by atoms with Crippen molar-refractivity contribution in [3.8, 4) is 5.75 Å². The Morgan fingerprint density at radius 3 is 2.48 bits per heavy atom. The number of esters is 1. The minimum absolute atomic E-state index is 0.255. The summed E-state index contributed by atoms with van der Waals surface area (Å²) in [7, 11) is 1.70. The van der Waals surface area contributed by atoms with E-state index in [1.165, 1.54) is 22.3 Å². The third kappa shape index (κ3) is 4.62. The van der Waals surface area contributed by atoms with Crippen molar-refractivity contribution < 1.29 is 14.3 Å². The molecule has 0 aliphatic heterocycles. The van der Waals surface area contributed by atoms with Crippen LogP contribution in [0.5, 0.6) is 5.75 Å². The molecule has 1 aromatic rings. The lowest BCUT2D eigenvalue weighted by Crippen LogP contribution is -2.02. The average Bonchev–Trinajstić information content (AvgIpc) is 2.42. The fourth-order valence-electron chi connectivity index (χ4n) is 2.48. The van der Waals surface area contributed by atoms with Crippen molar-refractivity contribution in [1.29, 1.82) is 0 Å². The van der Waals surface area contributed by atoms with Gasteiger partial charge in [0.05, 0.1) is 13.7 Å². The summed E-state index contributed by atoms with van der Waals surface area (Å²) >= 11 is 0. The summed E-state index contributed by atoms with van der Waals surface area (Å²) < 4.78 is 10.3. The first kappa shape index (κ1) is 17.3. The van der Waals surface area contributed by atoms with Crippen molar-refractivity contribution in [2.45, 2.75) is 47.5 Å². The van der Waals surface area contributed by atoms with Gasteiger partial charge in [0.2, 0.25) is 0 Å². The van der Waals surface area contributed by atoms with E-state index in [0.717, 1.165) is 24.2 Å². The molecule has 0 N–H and O–H groups in total. The van der Waals surface area contributed by atoms with Gasteiger partial charge in [-0.05, 0) is 75.8 Å². The molecule has 0 heterocycles. The van der Waals surface area contributed by atoms with Crippen LogP contribution in [-0.4, -0.2) is 19.7 Å². The van der Waals surface area contributed by atoms with Crippen molar-refractivity contribution in [2.24, 2.45) is 0 Å². The van der Waals surface area contributed by atoms with Gasteiger partial charge < -0.3 is 9.47 Å². The Hall–Kier alpha value is -1.77. The zero-order valence-electron chi connectivity index (χ0n) is 14.0. The molecule has 0 aromatic heterocycles. The summed E-state index contributed by atoms with van der Waals surface area (Å²) in [5.41, 5.74) is 6.07. The summed E-state index contributed by atoms with van der Waals surface area (Å²) in [6.45, 7) is 10.5. The van der Waals surface area contributed by atoms with Crippen LogP contribution in [0.25, 0.3) is 0 Å². The van der Waals surface area contributed by atoms with Gasteiger partial charge in [0.1, 0.15) is 5.75 Å². The van der Waals surface area contributed by atoms with Crippen LogP contribution in [0.2, 0.25) is 0 Å². The maximum atomic E-state index is 11.4. The number of carbonyl (C=O) groups is 1. The van der Waals surface area contributed by atoms with Gasteiger partial charge in [-0.1, -0.05) is 5.57 Å². The molecular weight excluding hydrogens is 264 g/mol. The minimum Gasteiger partial charge on any atom is -0.496 e. The molecule has 0 saturated carbocycles. The maximum absolute atomic E-state index is 11.4. The molecule has 21 heavy (non-hydrogen) atoms. The molecule has 0 unspecified atom stereocenters. The van der Waals surface area contributed by atoms with E-state index in [0.29, 0.717) is 6.61 Å². The lowest BCUT2D eigenvalue weighted by Gasteiger charge is -2.16. The maximum Gasteiger partial charge on any atom is 0.330 e. The van der Waals surface area contributed by atoms with E-state index >= 15 is 0 Å². The predicted molar refractivity (Wildman–Crippen MR) is 85.9 cm³/mol. The van der Waals surface area contributed by atoms with Crippen molar-refractivity contribution in [1.82, 2.24) is 0 Å². The zero-order valence-corrected chi connectivity index (χ0v) is 14.0. The second kappa shape index (κ2) is 7.87. The number of hydrogen-bond acceptors (Lipinski definition) is 3. The van der Waals surface area contributed by atoms with E-state index in [4.69, 9.17) is 9.47 Å². The molecule has 0 atom stereocenters. The molecule has 3 nitrogen and oxygen atoms in total. The van der Waals surface area contributed by atoms with E-state index in [9.17, 15) is 4.79 Å². The number of hydrogen-bond donors (Lipinski definition) is 0. The lowest BCUT2D eigenvalue weighted by molar-refractivity contribution is -0.137. The molecule has 116 valence electrons. The highest BCUT2D eigenvalue weighted by Gasteiger charge is 2.11. The number of rotatable bonds is 6. The molecule has 1 aromatic carbocycles. The zero-order chi connectivity index (χ0) is 16.0. The molecule has 0 radical (unpaired) electrons. The lowest BCUT2D eigenvalue weighted by atomic mass is 9.93. The standard InChI is InChI=1S/C18H26O3/c1-7-21-18(19)10-12(2)8-9-16-13(3)11-17(20-6)15(5)14(16)4/h10-11H,7-9H2,1-6H3/b12-10+.